The number of rotatable bonds is 6. The Morgan fingerprint density at radius 1 is 0.913 bits per heavy atom. The molecule has 2 saturated heterocycles. The lowest BCUT2D eigenvalue weighted by Gasteiger charge is -2.44. The average Bonchev–Trinajstić information content (AvgIpc) is 3.00. The number of benzene rings is 3. The van der Waals surface area contributed by atoms with Crippen LogP contribution in [0.4, 0.5) is 22.0 Å². The summed E-state index contributed by atoms with van der Waals surface area (Å²) in [5.41, 5.74) is 5.57. The number of nitrogens with two attached hydrogens (primary N) is 1. The number of carbonyl (C=O) groups is 1. The Kier molecular flexibility index (Phi) is 11.4. The fraction of sp³-hybridized carbons (Fsp3) is 0.441. The molecular weight excluding hydrogens is 623 g/mol. The van der Waals surface area contributed by atoms with E-state index in [0.29, 0.717) is 19.5 Å². The molecule has 3 aromatic rings. The summed E-state index contributed by atoms with van der Waals surface area (Å²) in [6.45, 7) is 1.81. The van der Waals surface area contributed by atoms with E-state index in [1.807, 2.05) is 60.5 Å². The fourth-order valence-corrected chi connectivity index (χ4v) is 7.11. The van der Waals surface area contributed by atoms with Crippen LogP contribution in [0.15, 0.2) is 77.7 Å². The number of ether oxygens (including phenoxy) is 1. The molecule has 0 saturated carbocycles. The van der Waals surface area contributed by atoms with E-state index in [1.165, 1.54) is 7.11 Å². The van der Waals surface area contributed by atoms with Crippen LogP contribution in [0, 0.1) is 0 Å². The molecule has 0 aliphatic carbocycles. The number of likely N-dealkylation sites (tertiary alicyclic amines) is 2. The van der Waals surface area contributed by atoms with Gasteiger partial charge >= 0.3 is 6.18 Å². The number of carbonyl (C=O) groups excluding carboxylic acids is 1. The molecule has 0 radical (unpaired) electrons. The number of likely N-dealkylation sites (N-methyl/N-ethyl adjacent to an activating group) is 2. The largest absolute Gasteiger partial charge is 0.496 e. The number of methoxy groups -OCH3 is 1. The minimum Gasteiger partial charge on any atom is -0.496 e. The summed E-state index contributed by atoms with van der Waals surface area (Å²) in [6, 6.07) is 20.6. The molecule has 3 N–H and O–H groups in total. The van der Waals surface area contributed by atoms with Crippen LogP contribution < -0.4 is 15.8 Å². The van der Waals surface area contributed by atoms with Gasteiger partial charge in [-0.1, -0.05) is 60.7 Å². The Hall–Kier alpha value is -3.19. The van der Waals surface area contributed by atoms with Gasteiger partial charge in [-0.2, -0.15) is 13.2 Å². The number of alkyl halides is 5. The third-order valence-electron chi connectivity index (χ3n) is 8.36. The van der Waals surface area contributed by atoms with Gasteiger partial charge in [-0.05, 0) is 43.6 Å². The van der Waals surface area contributed by atoms with Gasteiger partial charge in [0.1, 0.15) is 18.1 Å². The lowest BCUT2D eigenvalue weighted by atomic mass is 9.81. The van der Waals surface area contributed by atoms with Crippen LogP contribution in [0.5, 0.6) is 5.75 Å². The second-order valence-corrected chi connectivity index (χ2v) is 13.0. The fourth-order valence-electron chi connectivity index (χ4n) is 6.47. The summed E-state index contributed by atoms with van der Waals surface area (Å²) < 4.78 is 73.1. The molecule has 0 spiro atoms. The van der Waals surface area contributed by atoms with Crippen LogP contribution in [0.1, 0.15) is 39.9 Å². The predicted octanol–water partition coefficient (Wildman–Crippen LogP) is 6.25. The Morgan fingerprint density at radius 3 is 1.96 bits per heavy atom. The molecule has 2 aliphatic heterocycles. The summed E-state index contributed by atoms with van der Waals surface area (Å²) in [5.74, 6) is -0.790. The van der Waals surface area contributed by atoms with Gasteiger partial charge in [0, 0.05) is 43.9 Å². The monoisotopic (exact) mass is 664 g/mol. The zero-order valence-electron chi connectivity index (χ0n) is 26.4. The number of nitrogens with zero attached hydrogens (tertiary/aromatic N) is 2. The van der Waals surface area contributed by atoms with E-state index >= 15 is 0 Å². The van der Waals surface area contributed by atoms with Gasteiger partial charge in [-0.25, -0.2) is 8.78 Å². The molecule has 4 unspecified atom stereocenters. The summed E-state index contributed by atoms with van der Waals surface area (Å²) in [6.07, 6.45) is -4.51. The highest BCUT2D eigenvalue weighted by atomic mass is 32.2. The van der Waals surface area contributed by atoms with Crippen LogP contribution in [-0.2, 0) is 17.3 Å². The topological polar surface area (TPSA) is 70.8 Å². The van der Waals surface area contributed by atoms with Crippen molar-refractivity contribution in [2.75, 3.05) is 53.6 Å². The van der Waals surface area contributed by atoms with Gasteiger partial charge in [0.2, 0.25) is 0 Å². The first kappa shape index (κ1) is 35.7. The number of halogens is 5. The van der Waals surface area contributed by atoms with Crippen molar-refractivity contribution < 1.29 is 31.5 Å². The van der Waals surface area contributed by atoms with E-state index in [-0.39, 0.29) is 29.2 Å². The average molecular weight is 665 g/mol. The molecule has 0 aromatic heterocycles. The standard InChI is InChI=1S/C22H24F4N2O2S.C12H17FN2/c1-28-12-16(23)11-21(13-28,14-7-5-4-6-8-14)27-20(29)19-17(30-2)9-15(22(24,25)26)10-18(19)31-3;1-15-8-11(13)7-12(14,9-15)10-5-3-2-4-6-10/h4-10,16H,11-13H2,1-3H3,(H,27,29);2-6,11H,7-9,14H2,1H3. The number of hydrogen-bond donors (Lipinski definition) is 2. The number of nitrogens with one attached hydrogen (secondary N) is 1. The molecule has 4 atom stereocenters. The van der Waals surface area contributed by atoms with Crippen molar-refractivity contribution in [3.63, 3.8) is 0 Å². The van der Waals surface area contributed by atoms with Crippen molar-refractivity contribution in [1.29, 1.82) is 0 Å². The Morgan fingerprint density at radius 2 is 1.46 bits per heavy atom. The van der Waals surface area contributed by atoms with Crippen LogP contribution in [-0.4, -0.2) is 81.7 Å². The number of thioether (sulfide) groups is 1. The zero-order valence-corrected chi connectivity index (χ0v) is 27.2. The van der Waals surface area contributed by atoms with Crippen molar-refractivity contribution in [3.8, 4) is 5.75 Å². The quantitative estimate of drug-likeness (QED) is 0.240. The Labute approximate surface area is 271 Å². The van der Waals surface area contributed by atoms with Gasteiger partial charge in [0.05, 0.1) is 29.3 Å². The summed E-state index contributed by atoms with van der Waals surface area (Å²) in [4.78, 5) is 17.3. The number of hydrogen-bond acceptors (Lipinski definition) is 6. The van der Waals surface area contributed by atoms with Crippen molar-refractivity contribution in [1.82, 2.24) is 15.1 Å². The van der Waals surface area contributed by atoms with E-state index in [9.17, 15) is 26.7 Å². The Bertz CT molecular complexity index is 1420. The van der Waals surface area contributed by atoms with Crippen molar-refractivity contribution in [3.05, 3.63) is 95.1 Å². The molecular formula is C34H41F5N4O2S. The normalized spacial score (nSPS) is 25.7. The first-order chi connectivity index (χ1) is 21.7. The van der Waals surface area contributed by atoms with Crippen molar-refractivity contribution in [2.45, 2.75) is 47.3 Å². The molecule has 5 rings (SSSR count). The second-order valence-electron chi connectivity index (χ2n) is 12.2. The van der Waals surface area contributed by atoms with Crippen LogP contribution in [0.2, 0.25) is 0 Å². The van der Waals surface area contributed by atoms with Gasteiger partial charge in [0.25, 0.3) is 5.91 Å². The molecule has 2 fully saturated rings. The lowest BCUT2D eigenvalue weighted by Crippen LogP contribution is -2.58. The molecule has 1 amide bonds. The van der Waals surface area contributed by atoms with Gasteiger partial charge in [-0.15, -0.1) is 11.8 Å². The molecule has 0 bridgehead atoms. The maximum absolute atomic E-state index is 14.6. The SMILES string of the molecule is CN1CC(F)CC(N)(c2ccccc2)C1.COc1cc(C(F)(F)F)cc(SC)c1C(=O)NC1(c2ccccc2)CC(F)CN(C)C1. The summed E-state index contributed by atoms with van der Waals surface area (Å²) in [7, 11) is 4.90. The molecule has 3 aromatic carbocycles. The van der Waals surface area contributed by atoms with Gasteiger partial charge in [0.15, 0.2) is 0 Å². The van der Waals surface area contributed by atoms with Crippen LogP contribution in [0.25, 0.3) is 0 Å². The molecule has 46 heavy (non-hydrogen) atoms. The zero-order chi connectivity index (χ0) is 33.7. The molecule has 6 nitrogen and oxygen atoms in total. The van der Waals surface area contributed by atoms with E-state index in [4.69, 9.17) is 10.5 Å². The highest BCUT2D eigenvalue weighted by molar-refractivity contribution is 7.98. The molecule has 12 heteroatoms. The molecule has 250 valence electrons. The second kappa shape index (κ2) is 14.7. The van der Waals surface area contributed by atoms with Gasteiger partial charge < -0.3 is 25.6 Å². The van der Waals surface area contributed by atoms with E-state index in [0.717, 1.165) is 41.6 Å². The maximum atomic E-state index is 14.6. The minimum atomic E-state index is -4.58. The van der Waals surface area contributed by atoms with E-state index in [2.05, 4.69) is 5.32 Å². The van der Waals surface area contributed by atoms with Gasteiger partial charge in [-0.3, -0.25) is 4.79 Å². The van der Waals surface area contributed by atoms with Crippen LogP contribution in [0.3, 0.4) is 0 Å². The molecule has 2 aliphatic rings. The summed E-state index contributed by atoms with van der Waals surface area (Å²) >= 11 is 1.02. The highest BCUT2D eigenvalue weighted by Gasteiger charge is 2.43. The summed E-state index contributed by atoms with van der Waals surface area (Å²) in [5, 5.41) is 2.94. The highest BCUT2D eigenvalue weighted by Crippen LogP contribution is 2.40. The molecule has 2 heterocycles. The van der Waals surface area contributed by atoms with E-state index < -0.39 is 41.1 Å². The third-order valence-corrected chi connectivity index (χ3v) is 9.12. The minimum absolute atomic E-state index is 0.00180. The first-order valence-corrected chi connectivity index (χ1v) is 16.1. The number of piperidine rings is 2. The third kappa shape index (κ3) is 8.39. The smallest absolute Gasteiger partial charge is 0.416 e. The van der Waals surface area contributed by atoms with Crippen molar-refractivity contribution >= 4 is 17.7 Å². The number of amides is 1. The first-order valence-electron chi connectivity index (χ1n) is 14.9. The van der Waals surface area contributed by atoms with E-state index in [1.54, 1.807) is 30.3 Å². The maximum Gasteiger partial charge on any atom is 0.416 e. The Balaban J connectivity index is 0.000000266. The van der Waals surface area contributed by atoms with Crippen molar-refractivity contribution in [2.24, 2.45) is 5.73 Å². The predicted molar refractivity (Wildman–Crippen MR) is 172 cm³/mol. The van der Waals surface area contributed by atoms with Crippen LogP contribution >= 0.6 is 11.8 Å². The lowest BCUT2D eigenvalue weighted by molar-refractivity contribution is -0.137.